The van der Waals surface area contributed by atoms with E-state index in [9.17, 15) is 9.90 Å². The Labute approximate surface area is 118 Å². The molecule has 0 aliphatic rings. The minimum absolute atomic E-state index is 0.0413. The van der Waals surface area contributed by atoms with E-state index >= 15 is 0 Å². The summed E-state index contributed by atoms with van der Waals surface area (Å²) in [5.41, 5.74) is 3.65. The van der Waals surface area contributed by atoms with Crippen molar-refractivity contribution in [1.82, 2.24) is 0 Å². The normalized spacial score (nSPS) is 12.2. The molecular formula is C17H18O3. The summed E-state index contributed by atoms with van der Waals surface area (Å²) < 4.78 is 0. The maximum atomic E-state index is 11.2. The van der Waals surface area contributed by atoms with E-state index in [0.29, 0.717) is 5.56 Å². The molecule has 2 N–H and O–H groups in total. The molecule has 3 heteroatoms. The number of carboxylic acids is 1. The summed E-state index contributed by atoms with van der Waals surface area (Å²) in [6.45, 7) is 5.82. The molecule has 20 heavy (non-hydrogen) atoms. The highest BCUT2D eigenvalue weighted by molar-refractivity contribution is 5.91. The van der Waals surface area contributed by atoms with Crippen molar-refractivity contribution >= 4 is 5.97 Å². The van der Waals surface area contributed by atoms with Crippen LogP contribution in [0.2, 0.25) is 0 Å². The van der Waals surface area contributed by atoms with Gasteiger partial charge >= 0.3 is 5.97 Å². The van der Waals surface area contributed by atoms with Crippen LogP contribution in [0.5, 0.6) is 5.75 Å². The summed E-state index contributed by atoms with van der Waals surface area (Å²) in [4.78, 5) is 11.2. The number of hydrogen-bond donors (Lipinski definition) is 2. The maximum absolute atomic E-state index is 11.2. The van der Waals surface area contributed by atoms with Crippen LogP contribution in [0.3, 0.4) is 0 Å². The van der Waals surface area contributed by atoms with E-state index in [1.54, 1.807) is 0 Å². The average Bonchev–Trinajstić information content (AvgIpc) is 2.40. The van der Waals surface area contributed by atoms with Crippen LogP contribution >= 0.6 is 0 Å². The lowest BCUT2D eigenvalue weighted by Gasteiger charge is -2.18. The third-order valence-electron chi connectivity index (χ3n) is 3.64. The molecular weight excluding hydrogens is 252 g/mol. The lowest BCUT2D eigenvalue weighted by Crippen LogP contribution is -2.04. The molecule has 0 spiro atoms. The van der Waals surface area contributed by atoms with E-state index in [1.165, 1.54) is 6.07 Å². The molecule has 104 valence electrons. The van der Waals surface area contributed by atoms with Crippen molar-refractivity contribution in [3.8, 4) is 5.75 Å². The lowest BCUT2D eigenvalue weighted by molar-refractivity contribution is 0.0693. The van der Waals surface area contributed by atoms with E-state index in [0.717, 1.165) is 16.7 Å². The largest absolute Gasteiger partial charge is 0.507 e. The van der Waals surface area contributed by atoms with Crippen LogP contribution in [0, 0.1) is 13.8 Å². The molecule has 2 rings (SSSR count). The van der Waals surface area contributed by atoms with Crippen molar-refractivity contribution in [3.05, 3.63) is 64.2 Å². The summed E-state index contributed by atoms with van der Waals surface area (Å²) in [6, 6.07) is 11.3. The summed E-state index contributed by atoms with van der Waals surface area (Å²) in [7, 11) is 0. The molecule has 0 radical (unpaired) electrons. The van der Waals surface area contributed by atoms with E-state index in [4.69, 9.17) is 5.11 Å². The van der Waals surface area contributed by atoms with Crippen LogP contribution in [-0.4, -0.2) is 16.2 Å². The average molecular weight is 270 g/mol. The van der Waals surface area contributed by atoms with E-state index in [-0.39, 0.29) is 17.2 Å². The monoisotopic (exact) mass is 270 g/mol. The second kappa shape index (κ2) is 5.37. The van der Waals surface area contributed by atoms with Gasteiger partial charge in [0.05, 0.1) is 0 Å². The van der Waals surface area contributed by atoms with Gasteiger partial charge in [-0.1, -0.05) is 37.3 Å². The first-order valence-electron chi connectivity index (χ1n) is 6.54. The Morgan fingerprint density at radius 2 is 1.75 bits per heavy atom. The van der Waals surface area contributed by atoms with Gasteiger partial charge in [-0.2, -0.15) is 0 Å². The zero-order chi connectivity index (χ0) is 14.9. The summed E-state index contributed by atoms with van der Waals surface area (Å²) in [6.07, 6.45) is 0. The number of aryl methyl sites for hydroxylation is 2. The minimum Gasteiger partial charge on any atom is -0.507 e. The van der Waals surface area contributed by atoms with Crippen molar-refractivity contribution < 1.29 is 15.0 Å². The molecule has 0 amide bonds. The highest BCUT2D eigenvalue weighted by Crippen LogP contribution is 2.35. The molecule has 0 saturated heterocycles. The van der Waals surface area contributed by atoms with Crippen LogP contribution in [-0.2, 0) is 0 Å². The van der Waals surface area contributed by atoms with Gasteiger partial charge in [0.1, 0.15) is 11.3 Å². The van der Waals surface area contributed by atoms with Gasteiger partial charge in [0.2, 0.25) is 0 Å². The maximum Gasteiger partial charge on any atom is 0.339 e. The van der Waals surface area contributed by atoms with Gasteiger partial charge in [-0.3, -0.25) is 0 Å². The topological polar surface area (TPSA) is 57.5 Å². The molecule has 0 heterocycles. The Bertz CT molecular complexity index is 659. The molecule has 3 nitrogen and oxygen atoms in total. The highest BCUT2D eigenvalue weighted by Gasteiger charge is 2.20. The van der Waals surface area contributed by atoms with Gasteiger partial charge in [-0.25, -0.2) is 4.79 Å². The standard InChI is InChI=1S/C17H18O3/c1-10-8-14(16(18)15(9-10)17(19)20)12(3)13-7-5-4-6-11(13)2/h4-9,12,18H,1-3H3,(H,19,20). The molecule has 0 aliphatic heterocycles. The van der Waals surface area contributed by atoms with E-state index < -0.39 is 5.97 Å². The van der Waals surface area contributed by atoms with Gasteiger partial charge in [0.15, 0.2) is 0 Å². The van der Waals surface area contributed by atoms with Gasteiger partial charge in [0.25, 0.3) is 0 Å². The predicted molar refractivity (Wildman–Crippen MR) is 78.5 cm³/mol. The SMILES string of the molecule is Cc1cc(C(=O)O)c(O)c(C(C)c2ccccc2C)c1. The Kier molecular flexibility index (Phi) is 3.79. The van der Waals surface area contributed by atoms with Gasteiger partial charge in [-0.05, 0) is 36.6 Å². The third-order valence-corrected chi connectivity index (χ3v) is 3.64. The van der Waals surface area contributed by atoms with Crippen molar-refractivity contribution in [2.45, 2.75) is 26.7 Å². The zero-order valence-electron chi connectivity index (χ0n) is 11.8. The molecule has 1 atom stereocenters. The molecule has 0 aromatic heterocycles. The number of aromatic hydroxyl groups is 1. The minimum atomic E-state index is -1.11. The first-order valence-corrected chi connectivity index (χ1v) is 6.54. The number of aromatic carboxylic acids is 1. The van der Waals surface area contributed by atoms with Crippen molar-refractivity contribution in [1.29, 1.82) is 0 Å². The highest BCUT2D eigenvalue weighted by atomic mass is 16.4. The number of carbonyl (C=O) groups is 1. The van der Waals surface area contributed by atoms with Gasteiger partial charge in [-0.15, -0.1) is 0 Å². The molecule has 0 aliphatic carbocycles. The quantitative estimate of drug-likeness (QED) is 0.890. The molecule has 0 bridgehead atoms. The summed E-state index contributed by atoms with van der Waals surface area (Å²) in [5, 5.41) is 19.4. The zero-order valence-corrected chi connectivity index (χ0v) is 11.8. The Morgan fingerprint density at radius 1 is 1.10 bits per heavy atom. The van der Waals surface area contributed by atoms with Crippen molar-refractivity contribution in [2.75, 3.05) is 0 Å². The number of benzene rings is 2. The van der Waals surface area contributed by atoms with Gasteiger partial charge < -0.3 is 10.2 Å². The summed E-state index contributed by atoms with van der Waals surface area (Å²) in [5.74, 6) is -1.31. The second-order valence-corrected chi connectivity index (χ2v) is 5.13. The van der Waals surface area contributed by atoms with Crippen LogP contribution in [0.25, 0.3) is 0 Å². The third kappa shape index (κ3) is 2.52. The molecule has 0 saturated carbocycles. The fourth-order valence-electron chi connectivity index (χ4n) is 2.54. The Balaban J connectivity index is 2.58. The number of carboxylic acid groups (broad SMARTS) is 1. The molecule has 2 aromatic rings. The fourth-order valence-corrected chi connectivity index (χ4v) is 2.54. The number of phenols is 1. The smallest absolute Gasteiger partial charge is 0.339 e. The van der Waals surface area contributed by atoms with Crippen LogP contribution in [0.15, 0.2) is 36.4 Å². The number of rotatable bonds is 3. The van der Waals surface area contributed by atoms with E-state index in [1.807, 2.05) is 51.1 Å². The molecule has 2 aromatic carbocycles. The molecule has 1 unspecified atom stereocenters. The predicted octanol–water partition coefficient (Wildman–Crippen LogP) is 3.86. The fraction of sp³-hybridized carbons (Fsp3) is 0.235. The van der Waals surface area contributed by atoms with Crippen molar-refractivity contribution in [3.63, 3.8) is 0 Å². The van der Waals surface area contributed by atoms with Crippen molar-refractivity contribution in [2.24, 2.45) is 0 Å². The van der Waals surface area contributed by atoms with Crippen LogP contribution in [0.4, 0.5) is 0 Å². The second-order valence-electron chi connectivity index (χ2n) is 5.13. The first-order chi connectivity index (χ1) is 9.41. The Hall–Kier alpha value is -2.29. The Morgan fingerprint density at radius 3 is 2.35 bits per heavy atom. The lowest BCUT2D eigenvalue weighted by atomic mass is 9.87. The van der Waals surface area contributed by atoms with E-state index in [2.05, 4.69) is 0 Å². The molecule has 0 fully saturated rings. The summed E-state index contributed by atoms with van der Waals surface area (Å²) >= 11 is 0. The van der Waals surface area contributed by atoms with Crippen LogP contribution < -0.4 is 0 Å². The number of hydrogen-bond acceptors (Lipinski definition) is 2. The first kappa shape index (κ1) is 14.1. The van der Waals surface area contributed by atoms with Crippen LogP contribution in [0.1, 0.15) is 45.5 Å². The van der Waals surface area contributed by atoms with Gasteiger partial charge in [0, 0.05) is 11.5 Å².